The summed E-state index contributed by atoms with van der Waals surface area (Å²) in [5, 5.41) is 35.7. The molecule has 1 aliphatic carbocycles. The van der Waals surface area contributed by atoms with E-state index >= 15 is 0 Å². The van der Waals surface area contributed by atoms with E-state index < -0.39 is 29.7 Å². The van der Waals surface area contributed by atoms with Crippen molar-refractivity contribution < 1.29 is 25.2 Å². The summed E-state index contributed by atoms with van der Waals surface area (Å²) in [6.45, 7) is 1.29. The highest BCUT2D eigenvalue weighted by Crippen LogP contribution is 2.49. The van der Waals surface area contributed by atoms with Gasteiger partial charge >= 0.3 is 5.97 Å². The molecule has 0 spiro atoms. The highest BCUT2D eigenvalue weighted by molar-refractivity contribution is 5.68. The van der Waals surface area contributed by atoms with Gasteiger partial charge in [-0.2, -0.15) is 0 Å². The first-order valence-electron chi connectivity index (χ1n) is 3.64. The second-order valence-corrected chi connectivity index (χ2v) is 3.56. The SMILES string of the molecule is CC(O)(CC(=O)O)C1CC1(O)O. The quantitative estimate of drug-likeness (QED) is 0.410. The minimum absolute atomic E-state index is 0.0350. The van der Waals surface area contributed by atoms with Crippen LogP contribution in [0.1, 0.15) is 19.8 Å². The molecule has 4 N–H and O–H groups in total. The molecule has 0 amide bonds. The molecule has 0 aromatic heterocycles. The molecule has 0 saturated heterocycles. The van der Waals surface area contributed by atoms with Crippen LogP contribution in [-0.4, -0.2) is 37.8 Å². The fourth-order valence-electron chi connectivity index (χ4n) is 1.39. The van der Waals surface area contributed by atoms with Crippen molar-refractivity contribution in [3.05, 3.63) is 0 Å². The van der Waals surface area contributed by atoms with Gasteiger partial charge in [0.25, 0.3) is 0 Å². The van der Waals surface area contributed by atoms with Gasteiger partial charge < -0.3 is 20.4 Å². The first-order valence-corrected chi connectivity index (χ1v) is 3.64. The Morgan fingerprint density at radius 1 is 1.67 bits per heavy atom. The zero-order valence-electron chi connectivity index (χ0n) is 6.69. The number of carbonyl (C=O) groups is 1. The van der Waals surface area contributed by atoms with Gasteiger partial charge in [0.15, 0.2) is 5.79 Å². The summed E-state index contributed by atoms with van der Waals surface area (Å²) in [5.41, 5.74) is -1.53. The van der Waals surface area contributed by atoms with Gasteiger partial charge in [-0.25, -0.2) is 0 Å². The van der Waals surface area contributed by atoms with Crippen molar-refractivity contribution in [3.8, 4) is 0 Å². The predicted octanol–water partition coefficient (Wildman–Crippen LogP) is -1.09. The van der Waals surface area contributed by atoms with Crippen LogP contribution in [0, 0.1) is 5.92 Å². The molecule has 12 heavy (non-hydrogen) atoms. The van der Waals surface area contributed by atoms with Gasteiger partial charge in [0.2, 0.25) is 0 Å². The smallest absolute Gasteiger partial charge is 0.306 e. The Bertz CT molecular complexity index is 208. The average molecular weight is 176 g/mol. The van der Waals surface area contributed by atoms with Crippen molar-refractivity contribution in [1.82, 2.24) is 0 Å². The predicted molar refractivity (Wildman–Crippen MR) is 38.2 cm³/mol. The van der Waals surface area contributed by atoms with Crippen LogP contribution in [0.25, 0.3) is 0 Å². The lowest BCUT2D eigenvalue weighted by atomic mass is 9.96. The molecule has 0 radical (unpaired) electrons. The van der Waals surface area contributed by atoms with Gasteiger partial charge in [0, 0.05) is 12.3 Å². The monoisotopic (exact) mass is 176 g/mol. The molecule has 70 valence electrons. The minimum atomic E-state index is -1.88. The maximum absolute atomic E-state index is 10.2. The maximum atomic E-state index is 10.2. The molecule has 1 rings (SSSR count). The van der Waals surface area contributed by atoms with Gasteiger partial charge in [-0.05, 0) is 6.92 Å². The Morgan fingerprint density at radius 2 is 2.08 bits per heavy atom. The van der Waals surface area contributed by atoms with E-state index in [0.717, 1.165) is 0 Å². The van der Waals surface area contributed by atoms with Crippen molar-refractivity contribution in [2.24, 2.45) is 5.92 Å². The molecule has 5 heteroatoms. The number of aliphatic carboxylic acids is 1. The van der Waals surface area contributed by atoms with Crippen LogP contribution in [0.2, 0.25) is 0 Å². The van der Waals surface area contributed by atoms with Crippen LogP contribution in [0.3, 0.4) is 0 Å². The van der Waals surface area contributed by atoms with Gasteiger partial charge in [-0.3, -0.25) is 4.79 Å². The van der Waals surface area contributed by atoms with Gasteiger partial charge in [0.1, 0.15) is 0 Å². The standard InChI is InChI=1S/C7H12O5/c1-6(10,3-5(8)9)4-2-7(4,11)12/h4,10-12H,2-3H2,1H3,(H,8,9). The summed E-state index contributed by atoms with van der Waals surface area (Å²) in [6.07, 6.45) is -0.437. The molecule has 0 aliphatic heterocycles. The zero-order valence-corrected chi connectivity index (χ0v) is 6.69. The molecule has 1 saturated carbocycles. The Kier molecular flexibility index (Phi) is 1.90. The van der Waals surface area contributed by atoms with E-state index in [-0.39, 0.29) is 6.42 Å². The fourth-order valence-corrected chi connectivity index (χ4v) is 1.39. The van der Waals surface area contributed by atoms with Gasteiger partial charge in [0.05, 0.1) is 12.0 Å². The number of aliphatic hydroxyl groups is 3. The van der Waals surface area contributed by atoms with Crippen LogP contribution in [0.5, 0.6) is 0 Å². The Labute approximate surface area is 69.3 Å². The Hall–Kier alpha value is -0.650. The molecular weight excluding hydrogens is 164 g/mol. The van der Waals surface area contributed by atoms with Crippen molar-refractivity contribution in [2.45, 2.75) is 31.2 Å². The number of hydrogen-bond donors (Lipinski definition) is 4. The lowest BCUT2D eigenvalue weighted by molar-refractivity contribution is -0.148. The van der Waals surface area contributed by atoms with Crippen LogP contribution in [-0.2, 0) is 4.79 Å². The Balaban J connectivity index is 2.56. The van der Waals surface area contributed by atoms with E-state index in [9.17, 15) is 9.90 Å². The summed E-state index contributed by atoms with van der Waals surface area (Å²) in [5.74, 6) is -3.78. The first-order chi connectivity index (χ1) is 5.26. The van der Waals surface area contributed by atoms with Crippen molar-refractivity contribution in [1.29, 1.82) is 0 Å². The van der Waals surface area contributed by atoms with Crippen molar-refractivity contribution in [3.63, 3.8) is 0 Å². The van der Waals surface area contributed by atoms with Gasteiger partial charge in [-0.1, -0.05) is 0 Å². The third kappa shape index (κ3) is 1.74. The van der Waals surface area contributed by atoms with Gasteiger partial charge in [-0.15, -0.1) is 0 Å². The van der Waals surface area contributed by atoms with E-state index in [0.29, 0.717) is 0 Å². The highest BCUT2D eigenvalue weighted by atomic mass is 16.5. The largest absolute Gasteiger partial charge is 0.481 e. The second kappa shape index (κ2) is 2.42. The summed E-state index contributed by atoms with van der Waals surface area (Å²) >= 11 is 0. The van der Waals surface area contributed by atoms with Crippen LogP contribution in [0.4, 0.5) is 0 Å². The molecule has 0 aromatic rings. The normalized spacial score (nSPS) is 30.8. The number of carboxylic acid groups (broad SMARTS) is 1. The van der Waals surface area contributed by atoms with E-state index in [1.165, 1.54) is 6.92 Å². The molecule has 0 heterocycles. The molecule has 1 aliphatic rings. The minimum Gasteiger partial charge on any atom is -0.481 e. The zero-order chi connectivity index (χ0) is 9.57. The fraction of sp³-hybridized carbons (Fsp3) is 0.857. The van der Waals surface area contributed by atoms with Crippen LogP contribution < -0.4 is 0 Å². The van der Waals surface area contributed by atoms with E-state index in [1.807, 2.05) is 0 Å². The molecular formula is C7H12O5. The topological polar surface area (TPSA) is 98.0 Å². The second-order valence-electron chi connectivity index (χ2n) is 3.56. The molecule has 0 bridgehead atoms. The molecule has 0 aromatic carbocycles. The summed E-state index contributed by atoms with van der Waals surface area (Å²) < 4.78 is 0. The van der Waals surface area contributed by atoms with Crippen molar-refractivity contribution >= 4 is 5.97 Å². The van der Waals surface area contributed by atoms with Crippen LogP contribution >= 0.6 is 0 Å². The highest BCUT2D eigenvalue weighted by Gasteiger charge is 2.61. The Morgan fingerprint density at radius 3 is 2.33 bits per heavy atom. The van der Waals surface area contributed by atoms with Crippen LogP contribution in [0.15, 0.2) is 0 Å². The maximum Gasteiger partial charge on any atom is 0.306 e. The lowest BCUT2D eigenvalue weighted by Crippen LogP contribution is -2.34. The molecule has 2 atom stereocenters. The third-order valence-corrected chi connectivity index (χ3v) is 2.16. The summed E-state index contributed by atoms with van der Waals surface area (Å²) in [4.78, 5) is 10.2. The average Bonchev–Trinajstić information content (AvgIpc) is 2.36. The number of carboxylic acids is 1. The van der Waals surface area contributed by atoms with E-state index in [4.69, 9.17) is 15.3 Å². The number of rotatable bonds is 3. The molecule has 5 nitrogen and oxygen atoms in total. The molecule has 2 unspecified atom stereocenters. The van der Waals surface area contributed by atoms with Crippen molar-refractivity contribution in [2.75, 3.05) is 0 Å². The summed E-state index contributed by atoms with van der Waals surface area (Å²) in [6, 6.07) is 0. The van der Waals surface area contributed by atoms with E-state index in [2.05, 4.69) is 0 Å². The first kappa shape index (κ1) is 9.44. The lowest BCUT2D eigenvalue weighted by Gasteiger charge is -2.21. The summed E-state index contributed by atoms with van der Waals surface area (Å²) in [7, 11) is 0. The third-order valence-electron chi connectivity index (χ3n) is 2.16. The molecule has 1 fully saturated rings. The number of hydrogen-bond acceptors (Lipinski definition) is 4. The van der Waals surface area contributed by atoms with E-state index in [1.54, 1.807) is 0 Å².